The molecule has 3 aromatic carbocycles. The van der Waals surface area contributed by atoms with Gasteiger partial charge in [-0.05, 0) is 54.1 Å². The van der Waals surface area contributed by atoms with E-state index in [4.69, 9.17) is 4.74 Å². The van der Waals surface area contributed by atoms with Crippen LogP contribution in [0.4, 0.5) is 5.69 Å². The van der Waals surface area contributed by atoms with Crippen molar-refractivity contribution >= 4 is 48.0 Å². The smallest absolute Gasteiger partial charge is 0.232 e. The van der Waals surface area contributed by atoms with Crippen molar-refractivity contribution in [3.05, 3.63) is 65.7 Å². The Kier molecular flexibility index (Phi) is 4.72. The van der Waals surface area contributed by atoms with Crippen LogP contribution >= 0.6 is 11.3 Å². The number of fused-ring (bicyclic) bond motifs is 2. The Labute approximate surface area is 161 Å². The van der Waals surface area contributed by atoms with Crippen LogP contribution in [0, 0.1) is 0 Å². The molecule has 0 saturated carbocycles. The zero-order chi connectivity index (χ0) is 18.9. The third-order valence-corrected chi connectivity index (χ3v) is 6.48. The molecule has 0 amide bonds. The van der Waals surface area contributed by atoms with Crippen LogP contribution in [-0.2, 0) is 16.6 Å². The fourth-order valence-corrected chi connectivity index (χ4v) is 4.27. The number of rotatable bonds is 6. The molecule has 0 aliphatic rings. The number of para-hydroxylation sites is 1. The van der Waals surface area contributed by atoms with E-state index in [1.165, 1.54) is 0 Å². The van der Waals surface area contributed by atoms with E-state index in [0.29, 0.717) is 12.3 Å². The van der Waals surface area contributed by atoms with E-state index in [9.17, 15) is 8.42 Å². The van der Waals surface area contributed by atoms with E-state index in [1.54, 1.807) is 24.3 Å². The zero-order valence-corrected chi connectivity index (χ0v) is 16.3. The lowest BCUT2D eigenvalue weighted by atomic mass is 10.1. The lowest BCUT2D eigenvalue weighted by Gasteiger charge is -2.09. The average molecular weight is 399 g/mol. The highest BCUT2D eigenvalue weighted by molar-refractivity contribution is 7.92. The Morgan fingerprint density at radius 1 is 1.04 bits per heavy atom. The summed E-state index contributed by atoms with van der Waals surface area (Å²) in [6.45, 7) is 2.00. The second-order valence-electron chi connectivity index (χ2n) is 6.09. The normalized spacial score (nSPS) is 11.7. The number of sulfonamides is 1. The molecule has 138 valence electrons. The molecule has 27 heavy (non-hydrogen) atoms. The van der Waals surface area contributed by atoms with Gasteiger partial charge in [0, 0.05) is 5.69 Å². The highest BCUT2D eigenvalue weighted by atomic mass is 32.2. The second-order valence-corrected chi connectivity index (χ2v) is 9.22. The summed E-state index contributed by atoms with van der Waals surface area (Å²) in [5, 5.41) is 2.84. The molecule has 0 saturated heterocycles. The molecular formula is C20H18N2O3S2. The van der Waals surface area contributed by atoms with Gasteiger partial charge in [0.05, 0.1) is 16.0 Å². The Balaban J connectivity index is 1.54. The SMILES string of the molecule is CCS(=O)(=O)Nc1ccc2ccc(OCc3nc4ccccc4s3)cc2c1. The number of ether oxygens (including phenoxy) is 1. The minimum absolute atomic E-state index is 0.0381. The van der Waals surface area contributed by atoms with Crippen molar-refractivity contribution < 1.29 is 13.2 Å². The predicted molar refractivity (Wildman–Crippen MR) is 111 cm³/mol. The average Bonchev–Trinajstić information content (AvgIpc) is 3.09. The molecule has 0 aliphatic carbocycles. The molecule has 7 heteroatoms. The summed E-state index contributed by atoms with van der Waals surface area (Å²) in [4.78, 5) is 4.57. The van der Waals surface area contributed by atoms with Gasteiger partial charge in [0.1, 0.15) is 17.4 Å². The number of aromatic nitrogens is 1. The summed E-state index contributed by atoms with van der Waals surface area (Å²) in [5.74, 6) is 0.758. The molecule has 0 atom stereocenters. The second kappa shape index (κ2) is 7.17. The molecule has 4 aromatic rings. The van der Waals surface area contributed by atoms with Gasteiger partial charge >= 0.3 is 0 Å². The molecule has 0 aliphatic heterocycles. The third kappa shape index (κ3) is 4.04. The quantitative estimate of drug-likeness (QED) is 0.507. The largest absolute Gasteiger partial charge is 0.486 e. The maximum absolute atomic E-state index is 11.8. The van der Waals surface area contributed by atoms with Crippen LogP contribution in [0.3, 0.4) is 0 Å². The Bertz CT molecular complexity index is 1180. The van der Waals surface area contributed by atoms with Gasteiger partial charge in [-0.25, -0.2) is 13.4 Å². The number of thiazole rings is 1. The van der Waals surface area contributed by atoms with E-state index in [0.717, 1.165) is 31.7 Å². The third-order valence-electron chi connectivity index (χ3n) is 4.17. The number of benzene rings is 3. The first kappa shape index (κ1) is 17.8. The minimum Gasteiger partial charge on any atom is -0.486 e. The van der Waals surface area contributed by atoms with E-state index < -0.39 is 10.0 Å². The highest BCUT2D eigenvalue weighted by Gasteiger charge is 2.08. The van der Waals surface area contributed by atoms with Crippen molar-refractivity contribution in [1.29, 1.82) is 0 Å². The fourth-order valence-electron chi connectivity index (χ4n) is 2.76. The van der Waals surface area contributed by atoms with Crippen LogP contribution in [0.2, 0.25) is 0 Å². The first-order valence-corrected chi connectivity index (χ1v) is 11.0. The lowest BCUT2D eigenvalue weighted by molar-refractivity contribution is 0.306. The van der Waals surface area contributed by atoms with Crippen molar-refractivity contribution in [2.24, 2.45) is 0 Å². The van der Waals surface area contributed by atoms with Crippen LogP contribution in [0.15, 0.2) is 60.7 Å². The maximum atomic E-state index is 11.8. The van der Waals surface area contributed by atoms with Crippen LogP contribution in [-0.4, -0.2) is 19.2 Å². The Morgan fingerprint density at radius 2 is 1.85 bits per heavy atom. The molecule has 1 aromatic heterocycles. The van der Waals surface area contributed by atoms with Gasteiger partial charge in [-0.15, -0.1) is 11.3 Å². The van der Waals surface area contributed by atoms with Crippen molar-refractivity contribution in [2.45, 2.75) is 13.5 Å². The van der Waals surface area contributed by atoms with Crippen molar-refractivity contribution in [3.63, 3.8) is 0 Å². The Hall–Kier alpha value is -2.64. The van der Waals surface area contributed by atoms with Crippen LogP contribution in [0.25, 0.3) is 21.0 Å². The lowest BCUT2D eigenvalue weighted by Crippen LogP contribution is -2.14. The maximum Gasteiger partial charge on any atom is 0.232 e. The van der Waals surface area contributed by atoms with Gasteiger partial charge < -0.3 is 4.74 Å². The van der Waals surface area contributed by atoms with E-state index in [-0.39, 0.29) is 5.75 Å². The molecular weight excluding hydrogens is 380 g/mol. The summed E-state index contributed by atoms with van der Waals surface area (Å²) in [7, 11) is -3.30. The van der Waals surface area contributed by atoms with Gasteiger partial charge in [0.25, 0.3) is 0 Å². The summed E-state index contributed by atoms with van der Waals surface area (Å²) in [6.07, 6.45) is 0. The minimum atomic E-state index is -3.30. The summed E-state index contributed by atoms with van der Waals surface area (Å²) >= 11 is 1.62. The first-order chi connectivity index (χ1) is 13.0. The molecule has 0 spiro atoms. The molecule has 0 bridgehead atoms. The van der Waals surface area contributed by atoms with E-state index in [2.05, 4.69) is 9.71 Å². The van der Waals surface area contributed by atoms with E-state index >= 15 is 0 Å². The number of hydrogen-bond acceptors (Lipinski definition) is 5. The van der Waals surface area contributed by atoms with Crippen molar-refractivity contribution in [2.75, 3.05) is 10.5 Å². The number of anilines is 1. The topological polar surface area (TPSA) is 68.3 Å². The van der Waals surface area contributed by atoms with Crippen molar-refractivity contribution in [1.82, 2.24) is 4.98 Å². The number of nitrogens with zero attached hydrogens (tertiary/aromatic N) is 1. The standard InChI is InChI=1S/C20H18N2O3S2/c1-2-27(23,24)22-16-9-7-14-8-10-17(12-15(14)11-16)25-13-20-21-18-5-3-4-6-19(18)26-20/h3-12,22H,2,13H2,1H3. The molecule has 5 nitrogen and oxygen atoms in total. The molecule has 4 rings (SSSR count). The van der Waals surface area contributed by atoms with Crippen LogP contribution in [0.1, 0.15) is 11.9 Å². The van der Waals surface area contributed by atoms with Gasteiger partial charge in [-0.3, -0.25) is 4.72 Å². The summed E-state index contributed by atoms with van der Waals surface area (Å²) in [6, 6.07) is 19.2. The van der Waals surface area contributed by atoms with E-state index in [1.807, 2.05) is 54.6 Å². The van der Waals surface area contributed by atoms with Crippen LogP contribution < -0.4 is 9.46 Å². The predicted octanol–water partition coefficient (Wildman–Crippen LogP) is 4.79. The van der Waals surface area contributed by atoms with Gasteiger partial charge in [0.15, 0.2) is 0 Å². The Morgan fingerprint density at radius 3 is 2.67 bits per heavy atom. The zero-order valence-electron chi connectivity index (χ0n) is 14.7. The number of hydrogen-bond donors (Lipinski definition) is 1. The fraction of sp³-hybridized carbons (Fsp3) is 0.150. The molecule has 1 heterocycles. The molecule has 0 fully saturated rings. The van der Waals surface area contributed by atoms with Gasteiger partial charge in [0.2, 0.25) is 10.0 Å². The molecule has 1 N–H and O–H groups in total. The van der Waals surface area contributed by atoms with Crippen molar-refractivity contribution in [3.8, 4) is 5.75 Å². The first-order valence-electron chi connectivity index (χ1n) is 8.54. The van der Waals surface area contributed by atoms with Gasteiger partial charge in [-0.1, -0.05) is 24.3 Å². The molecule has 0 radical (unpaired) electrons. The van der Waals surface area contributed by atoms with Gasteiger partial charge in [-0.2, -0.15) is 0 Å². The monoisotopic (exact) mass is 398 g/mol. The highest BCUT2D eigenvalue weighted by Crippen LogP contribution is 2.26. The summed E-state index contributed by atoms with van der Waals surface area (Å²) in [5.41, 5.74) is 1.53. The summed E-state index contributed by atoms with van der Waals surface area (Å²) < 4.78 is 33.1. The van der Waals surface area contributed by atoms with Crippen LogP contribution in [0.5, 0.6) is 5.75 Å². The molecule has 0 unspecified atom stereocenters. The number of nitrogens with one attached hydrogen (secondary N) is 1.